The molecule has 1 N–H and O–H groups in total. The van der Waals surface area contributed by atoms with Gasteiger partial charge in [-0.1, -0.05) is 32.6 Å². The molecule has 0 heterocycles. The molecule has 0 aliphatic heterocycles. The fraction of sp³-hybridized carbons (Fsp3) is 0.938. The van der Waals surface area contributed by atoms with E-state index in [0.717, 1.165) is 13.0 Å². The molecule has 2 aliphatic carbocycles. The SMILES string of the molecule is CCCNC(C#N)(COC1CCCCCC1)C1CC1. The fourth-order valence-corrected chi connectivity index (χ4v) is 3.06. The number of hydrogen-bond acceptors (Lipinski definition) is 3. The summed E-state index contributed by atoms with van der Waals surface area (Å²) in [6.07, 6.45) is 11.4. The molecule has 0 amide bonds. The van der Waals surface area contributed by atoms with E-state index in [9.17, 15) is 5.26 Å². The van der Waals surface area contributed by atoms with Gasteiger partial charge in [0.1, 0.15) is 5.54 Å². The Labute approximate surface area is 117 Å². The zero-order chi connectivity index (χ0) is 13.6. The van der Waals surface area contributed by atoms with Crippen LogP contribution in [0.15, 0.2) is 0 Å². The molecular formula is C16H28N2O. The molecule has 2 fully saturated rings. The monoisotopic (exact) mass is 264 g/mol. The molecule has 19 heavy (non-hydrogen) atoms. The van der Waals surface area contributed by atoms with Crippen molar-refractivity contribution in [2.75, 3.05) is 13.2 Å². The van der Waals surface area contributed by atoms with Gasteiger partial charge in [-0.25, -0.2) is 0 Å². The van der Waals surface area contributed by atoms with E-state index in [2.05, 4.69) is 18.3 Å². The van der Waals surface area contributed by atoms with E-state index in [4.69, 9.17) is 4.74 Å². The summed E-state index contributed by atoms with van der Waals surface area (Å²) in [5, 5.41) is 13.1. The minimum atomic E-state index is -0.414. The molecule has 108 valence electrons. The highest BCUT2D eigenvalue weighted by molar-refractivity contribution is 5.15. The van der Waals surface area contributed by atoms with Crippen molar-refractivity contribution < 1.29 is 4.74 Å². The van der Waals surface area contributed by atoms with E-state index >= 15 is 0 Å². The van der Waals surface area contributed by atoms with Crippen LogP contribution in [-0.4, -0.2) is 24.8 Å². The topological polar surface area (TPSA) is 45.0 Å². The van der Waals surface area contributed by atoms with Gasteiger partial charge in [-0.2, -0.15) is 5.26 Å². The first-order valence-electron chi connectivity index (χ1n) is 8.08. The van der Waals surface area contributed by atoms with E-state index in [-0.39, 0.29) is 0 Å². The highest BCUT2D eigenvalue weighted by Gasteiger charge is 2.46. The maximum absolute atomic E-state index is 9.61. The third-order valence-corrected chi connectivity index (χ3v) is 4.51. The van der Waals surface area contributed by atoms with Gasteiger partial charge >= 0.3 is 0 Å². The predicted octanol–water partition coefficient (Wildman–Crippen LogP) is 3.40. The van der Waals surface area contributed by atoms with Crippen LogP contribution in [-0.2, 0) is 4.74 Å². The first kappa shape index (κ1) is 14.8. The second-order valence-corrected chi connectivity index (χ2v) is 6.21. The third-order valence-electron chi connectivity index (χ3n) is 4.51. The number of hydrogen-bond donors (Lipinski definition) is 1. The van der Waals surface area contributed by atoms with Gasteiger partial charge in [0.15, 0.2) is 0 Å². The summed E-state index contributed by atoms with van der Waals surface area (Å²) >= 11 is 0. The van der Waals surface area contributed by atoms with E-state index in [1.165, 1.54) is 51.4 Å². The zero-order valence-corrected chi connectivity index (χ0v) is 12.3. The van der Waals surface area contributed by atoms with Crippen LogP contribution in [0.4, 0.5) is 0 Å². The molecule has 0 spiro atoms. The van der Waals surface area contributed by atoms with Crippen LogP contribution in [0.25, 0.3) is 0 Å². The fourth-order valence-electron chi connectivity index (χ4n) is 3.06. The molecule has 0 aromatic heterocycles. The van der Waals surface area contributed by atoms with Crippen molar-refractivity contribution in [3.05, 3.63) is 0 Å². The second-order valence-electron chi connectivity index (χ2n) is 6.21. The van der Waals surface area contributed by atoms with Crippen LogP contribution in [0.2, 0.25) is 0 Å². The van der Waals surface area contributed by atoms with Gasteiger partial charge in [-0.15, -0.1) is 0 Å². The number of rotatable bonds is 7. The summed E-state index contributed by atoms with van der Waals surface area (Å²) in [7, 11) is 0. The standard InChI is InChI=1S/C16H28N2O/c1-2-11-18-16(12-17,14-9-10-14)13-19-15-7-5-3-4-6-8-15/h14-15,18H,2-11,13H2,1H3. The smallest absolute Gasteiger partial charge is 0.133 e. The van der Waals surface area contributed by atoms with Crippen LogP contribution < -0.4 is 5.32 Å². The van der Waals surface area contributed by atoms with Gasteiger partial charge in [0, 0.05) is 0 Å². The molecule has 2 rings (SSSR count). The van der Waals surface area contributed by atoms with Crippen molar-refractivity contribution in [1.82, 2.24) is 5.32 Å². The van der Waals surface area contributed by atoms with E-state index in [1.54, 1.807) is 0 Å². The lowest BCUT2D eigenvalue weighted by Crippen LogP contribution is -2.51. The molecular weight excluding hydrogens is 236 g/mol. The van der Waals surface area contributed by atoms with Crippen molar-refractivity contribution >= 4 is 0 Å². The summed E-state index contributed by atoms with van der Waals surface area (Å²) in [5.41, 5.74) is -0.414. The number of ether oxygens (including phenoxy) is 1. The Morgan fingerprint density at radius 1 is 1.16 bits per heavy atom. The number of nitrogens with zero attached hydrogens (tertiary/aromatic N) is 1. The van der Waals surface area contributed by atoms with Crippen LogP contribution in [0.1, 0.15) is 64.7 Å². The molecule has 1 atom stereocenters. The van der Waals surface area contributed by atoms with Gasteiger partial charge in [0.25, 0.3) is 0 Å². The Bertz CT molecular complexity index is 300. The lowest BCUT2D eigenvalue weighted by atomic mass is 9.95. The van der Waals surface area contributed by atoms with Crippen molar-refractivity contribution in [2.24, 2.45) is 5.92 Å². The van der Waals surface area contributed by atoms with Crippen molar-refractivity contribution in [2.45, 2.75) is 76.4 Å². The molecule has 2 aliphatic rings. The molecule has 0 bridgehead atoms. The third kappa shape index (κ3) is 4.19. The summed E-state index contributed by atoms with van der Waals surface area (Å²) < 4.78 is 6.13. The van der Waals surface area contributed by atoms with Crippen LogP contribution in [0.3, 0.4) is 0 Å². The lowest BCUT2D eigenvalue weighted by Gasteiger charge is -2.30. The Kier molecular flexibility index (Phi) is 5.66. The zero-order valence-electron chi connectivity index (χ0n) is 12.3. The minimum Gasteiger partial charge on any atom is -0.375 e. The highest BCUT2D eigenvalue weighted by Crippen LogP contribution is 2.40. The molecule has 1 unspecified atom stereocenters. The van der Waals surface area contributed by atoms with Crippen molar-refractivity contribution in [1.29, 1.82) is 5.26 Å². The van der Waals surface area contributed by atoms with E-state index in [1.807, 2.05) is 0 Å². The minimum absolute atomic E-state index is 0.386. The summed E-state index contributed by atoms with van der Waals surface area (Å²) in [6, 6.07) is 2.53. The van der Waals surface area contributed by atoms with Crippen molar-refractivity contribution in [3.63, 3.8) is 0 Å². The lowest BCUT2D eigenvalue weighted by molar-refractivity contribution is 0.00996. The molecule has 3 nitrogen and oxygen atoms in total. The van der Waals surface area contributed by atoms with Gasteiger partial charge < -0.3 is 4.74 Å². The highest BCUT2D eigenvalue weighted by atomic mass is 16.5. The van der Waals surface area contributed by atoms with Gasteiger partial charge in [0.2, 0.25) is 0 Å². The molecule has 2 saturated carbocycles. The maximum Gasteiger partial charge on any atom is 0.133 e. The number of nitriles is 1. The molecule has 3 heteroatoms. The first-order chi connectivity index (χ1) is 9.30. The molecule has 0 radical (unpaired) electrons. The van der Waals surface area contributed by atoms with Gasteiger partial charge in [-0.05, 0) is 44.6 Å². The molecule has 0 aromatic carbocycles. The predicted molar refractivity (Wildman–Crippen MR) is 76.8 cm³/mol. The Morgan fingerprint density at radius 2 is 1.84 bits per heavy atom. The Balaban J connectivity index is 1.86. The van der Waals surface area contributed by atoms with Crippen LogP contribution in [0, 0.1) is 17.2 Å². The Hall–Kier alpha value is -0.590. The average molecular weight is 264 g/mol. The Morgan fingerprint density at radius 3 is 2.37 bits per heavy atom. The van der Waals surface area contributed by atoms with Crippen molar-refractivity contribution in [3.8, 4) is 6.07 Å². The van der Waals surface area contributed by atoms with E-state index < -0.39 is 5.54 Å². The van der Waals surface area contributed by atoms with E-state index in [0.29, 0.717) is 18.6 Å². The normalized spacial score (nSPS) is 24.4. The van der Waals surface area contributed by atoms with Crippen LogP contribution >= 0.6 is 0 Å². The second kappa shape index (κ2) is 7.26. The summed E-state index contributed by atoms with van der Waals surface area (Å²) in [5.74, 6) is 0.509. The van der Waals surface area contributed by atoms with Crippen LogP contribution in [0.5, 0.6) is 0 Å². The van der Waals surface area contributed by atoms with Gasteiger partial charge in [0.05, 0.1) is 18.8 Å². The number of nitrogens with one attached hydrogen (secondary N) is 1. The maximum atomic E-state index is 9.61. The summed E-state index contributed by atoms with van der Waals surface area (Å²) in [4.78, 5) is 0. The molecule has 0 aromatic rings. The van der Waals surface area contributed by atoms with Gasteiger partial charge in [-0.3, -0.25) is 5.32 Å². The summed E-state index contributed by atoms with van der Waals surface area (Å²) in [6.45, 7) is 3.64. The largest absolute Gasteiger partial charge is 0.375 e. The first-order valence-corrected chi connectivity index (χ1v) is 8.08. The average Bonchev–Trinajstić information content (AvgIpc) is 3.27. The quantitative estimate of drug-likeness (QED) is 0.717. The molecule has 0 saturated heterocycles.